The molecule has 0 aliphatic rings. The van der Waals surface area contributed by atoms with E-state index < -0.39 is 12.1 Å². The smallest absolute Gasteiger partial charge is 0.300 e. The quantitative estimate of drug-likeness (QED) is 0.0587. The number of aliphatic hydroxyl groups excluding tert-OH is 2. The molecule has 13 nitrogen and oxygen atoms in total. The lowest BCUT2D eigenvalue weighted by Crippen LogP contribution is -2.22. The number of carbonyl (C=O) groups excluding carboxylic acids is 2. The minimum Gasteiger partial charge on any atom is -0.508 e. The number of hydrogen-bond donors (Lipinski definition) is 7. The van der Waals surface area contributed by atoms with Gasteiger partial charge in [0.05, 0.1) is 38.1 Å². The number of aromatic hydroxyl groups is 1. The average Bonchev–Trinajstić information content (AvgIpc) is 3.14. The molecule has 0 saturated heterocycles. The van der Waals surface area contributed by atoms with E-state index in [1.807, 2.05) is 24.3 Å². The first-order valence-electron chi connectivity index (χ1n) is 17.0. The monoisotopic (exact) mass is 716 g/mol. The number of aliphatic hydroxyl groups is 2. The minimum absolute atomic E-state index is 0.0239. The maximum atomic E-state index is 12.9. The first kappa shape index (κ1) is 41.2. The van der Waals surface area contributed by atoms with E-state index >= 15 is 0 Å². The largest absolute Gasteiger partial charge is 0.508 e. The van der Waals surface area contributed by atoms with E-state index in [9.17, 15) is 24.9 Å². The highest BCUT2D eigenvalue weighted by atomic mass is 16.5. The summed E-state index contributed by atoms with van der Waals surface area (Å²) in [7, 11) is 0. The van der Waals surface area contributed by atoms with Gasteiger partial charge in [0.2, 0.25) is 0 Å². The lowest BCUT2D eigenvalue weighted by atomic mass is 10.1. The van der Waals surface area contributed by atoms with Gasteiger partial charge in [-0.3, -0.25) is 19.4 Å². The van der Waals surface area contributed by atoms with Gasteiger partial charge in [-0.05, 0) is 85.1 Å². The molecule has 4 aromatic rings. The van der Waals surface area contributed by atoms with Crippen LogP contribution in [-0.4, -0.2) is 76.1 Å². The number of nitrogens with one attached hydrogen (secondary N) is 3. The highest BCUT2D eigenvalue weighted by Gasteiger charge is 2.12. The number of phenols is 1. The molecule has 2 amide bonds. The second kappa shape index (κ2) is 23.3. The van der Waals surface area contributed by atoms with Crippen LogP contribution < -0.4 is 16.0 Å². The van der Waals surface area contributed by atoms with Gasteiger partial charge in [-0.1, -0.05) is 37.1 Å². The zero-order valence-electron chi connectivity index (χ0n) is 29.3. The standard InChI is InChI=1S/C37H44N4O7.C2H4O2/c42-25-31-21-28(13-14-34(31)43)35(44)24-39-15-3-1-2-4-17-47-18-19-48-26-27-8-5-11-32(20-27)40-36(45)29-9-6-12-33(22-29)41-37(46)30-10-7-16-38-23-30;1-2(3)4/h5-14,16,20-23,35,39,42-44H,1-4,15,17-19,24-26H2,(H,40,45)(H,41,46);1H3,(H,3,4)/t35-;/m0./s1. The molecule has 0 fully saturated rings. The van der Waals surface area contributed by atoms with Crippen molar-refractivity contribution in [2.24, 2.45) is 0 Å². The van der Waals surface area contributed by atoms with Gasteiger partial charge < -0.3 is 45.9 Å². The summed E-state index contributed by atoms with van der Waals surface area (Å²) in [4.78, 5) is 38.3. The molecule has 0 aliphatic carbocycles. The molecule has 1 aromatic heterocycles. The second-order valence-electron chi connectivity index (χ2n) is 11.8. The van der Waals surface area contributed by atoms with E-state index in [1.54, 1.807) is 54.7 Å². The molecule has 278 valence electrons. The van der Waals surface area contributed by atoms with Crippen molar-refractivity contribution >= 4 is 29.2 Å². The van der Waals surface area contributed by atoms with Gasteiger partial charge >= 0.3 is 0 Å². The molecule has 0 spiro atoms. The van der Waals surface area contributed by atoms with Crippen LogP contribution in [0.1, 0.15) is 76.1 Å². The summed E-state index contributed by atoms with van der Waals surface area (Å²) in [6.07, 6.45) is 6.43. The number of benzene rings is 3. The zero-order chi connectivity index (χ0) is 37.6. The minimum atomic E-state index is -0.833. The predicted octanol–water partition coefficient (Wildman–Crippen LogP) is 5.29. The Hall–Kier alpha value is -5.18. The van der Waals surface area contributed by atoms with Gasteiger partial charge in [-0.15, -0.1) is 0 Å². The molecule has 0 unspecified atom stereocenters. The first-order chi connectivity index (χ1) is 25.2. The number of pyridine rings is 1. The third-order valence-corrected chi connectivity index (χ3v) is 7.52. The Morgan fingerprint density at radius 3 is 2.19 bits per heavy atom. The second-order valence-corrected chi connectivity index (χ2v) is 11.8. The predicted molar refractivity (Wildman–Crippen MR) is 197 cm³/mol. The maximum absolute atomic E-state index is 12.9. The maximum Gasteiger partial charge on any atom is 0.300 e. The molecule has 7 N–H and O–H groups in total. The molecule has 1 heterocycles. The third kappa shape index (κ3) is 15.8. The Balaban J connectivity index is 0.00000173. The van der Waals surface area contributed by atoms with Crippen LogP contribution in [-0.2, 0) is 27.5 Å². The van der Waals surface area contributed by atoms with E-state index in [0.717, 1.165) is 44.7 Å². The van der Waals surface area contributed by atoms with Crippen LogP contribution in [0.5, 0.6) is 5.75 Å². The van der Waals surface area contributed by atoms with Crippen LogP contribution >= 0.6 is 0 Å². The Bertz CT molecular complexity index is 1680. The van der Waals surface area contributed by atoms with Crippen molar-refractivity contribution in [3.05, 3.63) is 119 Å². The molecular weight excluding hydrogens is 668 g/mol. The van der Waals surface area contributed by atoms with Crippen molar-refractivity contribution in [3.63, 3.8) is 0 Å². The molecular formula is C39H48N4O9. The fourth-order valence-electron chi connectivity index (χ4n) is 4.89. The van der Waals surface area contributed by atoms with Crippen LogP contribution in [0, 0.1) is 0 Å². The number of carboxylic acid groups (broad SMARTS) is 1. The SMILES string of the molecule is CC(=O)O.O=C(Nc1cccc(C(=O)Nc2cccc(COCCOCCCCCCNC[C@H](O)c3ccc(O)c(CO)c3)c2)c1)c1cccnc1. The molecule has 0 saturated carbocycles. The van der Waals surface area contributed by atoms with E-state index in [2.05, 4.69) is 20.9 Å². The molecule has 1 atom stereocenters. The highest BCUT2D eigenvalue weighted by Crippen LogP contribution is 2.22. The van der Waals surface area contributed by atoms with Crippen LogP contribution in [0.4, 0.5) is 11.4 Å². The first-order valence-corrected chi connectivity index (χ1v) is 17.0. The molecule has 0 aliphatic heterocycles. The van der Waals surface area contributed by atoms with E-state index in [1.165, 1.54) is 12.3 Å². The fraction of sp³-hybridized carbons (Fsp3) is 0.333. The Morgan fingerprint density at radius 1 is 0.788 bits per heavy atom. The Kier molecular flexibility index (Phi) is 18.5. The van der Waals surface area contributed by atoms with Gasteiger partial charge in [0.25, 0.3) is 17.8 Å². The Morgan fingerprint density at radius 2 is 1.46 bits per heavy atom. The van der Waals surface area contributed by atoms with Crippen LogP contribution in [0.2, 0.25) is 0 Å². The average molecular weight is 717 g/mol. The van der Waals surface area contributed by atoms with Crippen molar-refractivity contribution in [3.8, 4) is 5.75 Å². The molecule has 52 heavy (non-hydrogen) atoms. The summed E-state index contributed by atoms with van der Waals surface area (Å²) >= 11 is 0. The number of carboxylic acids is 1. The fourth-order valence-corrected chi connectivity index (χ4v) is 4.89. The summed E-state index contributed by atoms with van der Waals surface area (Å²) in [5.41, 5.74) is 3.97. The lowest BCUT2D eigenvalue weighted by Gasteiger charge is -2.14. The number of rotatable bonds is 20. The van der Waals surface area contributed by atoms with Crippen LogP contribution in [0.15, 0.2) is 91.3 Å². The number of anilines is 2. The van der Waals surface area contributed by atoms with Crippen molar-refractivity contribution in [2.75, 3.05) is 43.5 Å². The number of nitrogens with zero attached hydrogens (tertiary/aromatic N) is 1. The highest BCUT2D eigenvalue weighted by molar-refractivity contribution is 6.07. The number of amides is 2. The summed E-state index contributed by atoms with van der Waals surface area (Å²) < 4.78 is 11.5. The number of aliphatic carboxylic acids is 1. The third-order valence-electron chi connectivity index (χ3n) is 7.52. The molecule has 3 aromatic carbocycles. The Labute approximate surface area is 303 Å². The zero-order valence-corrected chi connectivity index (χ0v) is 29.3. The van der Waals surface area contributed by atoms with Gasteiger partial charge in [-0.25, -0.2) is 0 Å². The van der Waals surface area contributed by atoms with Crippen LogP contribution in [0.3, 0.4) is 0 Å². The number of carbonyl (C=O) groups is 3. The number of aromatic nitrogens is 1. The normalized spacial score (nSPS) is 11.2. The summed E-state index contributed by atoms with van der Waals surface area (Å²) in [6, 6.07) is 22.3. The van der Waals surface area contributed by atoms with E-state index in [-0.39, 0.29) is 24.2 Å². The van der Waals surface area contributed by atoms with Crippen molar-refractivity contribution in [1.82, 2.24) is 10.3 Å². The number of ether oxygens (including phenoxy) is 2. The molecule has 0 radical (unpaired) electrons. The van der Waals surface area contributed by atoms with Gasteiger partial charge in [0.1, 0.15) is 5.75 Å². The van der Waals surface area contributed by atoms with E-state index in [4.69, 9.17) is 19.4 Å². The topological polar surface area (TPSA) is 200 Å². The van der Waals surface area contributed by atoms with Crippen molar-refractivity contribution in [2.45, 2.75) is 51.9 Å². The molecule has 0 bridgehead atoms. The number of hydrogen-bond acceptors (Lipinski definition) is 10. The molecule has 13 heteroatoms. The van der Waals surface area contributed by atoms with Gasteiger partial charge in [-0.2, -0.15) is 0 Å². The van der Waals surface area contributed by atoms with Crippen molar-refractivity contribution < 1.29 is 44.3 Å². The lowest BCUT2D eigenvalue weighted by molar-refractivity contribution is -0.134. The van der Waals surface area contributed by atoms with Crippen LogP contribution in [0.25, 0.3) is 0 Å². The summed E-state index contributed by atoms with van der Waals surface area (Å²) in [5.74, 6) is -1.41. The molecule has 4 rings (SSSR count). The van der Waals surface area contributed by atoms with Crippen molar-refractivity contribution in [1.29, 1.82) is 0 Å². The number of unbranched alkanes of at least 4 members (excludes halogenated alkanes) is 3. The summed E-state index contributed by atoms with van der Waals surface area (Å²) in [6.45, 7) is 4.02. The van der Waals surface area contributed by atoms with Gasteiger partial charge in [0.15, 0.2) is 0 Å². The van der Waals surface area contributed by atoms with E-state index in [0.29, 0.717) is 66.6 Å². The van der Waals surface area contributed by atoms with Gasteiger partial charge in [0, 0.05) is 55.0 Å². The summed E-state index contributed by atoms with van der Waals surface area (Å²) in [5, 5.41) is 45.6.